The predicted molar refractivity (Wildman–Crippen MR) is 565 cm³/mol. The molecule has 0 radical (unpaired) electrons. The molecule has 0 amide bonds. The molecule has 0 saturated carbocycles. The van der Waals surface area contributed by atoms with E-state index in [-0.39, 0.29) is 0 Å². The summed E-state index contributed by atoms with van der Waals surface area (Å²) in [6.07, 6.45) is 0. The van der Waals surface area contributed by atoms with Crippen molar-refractivity contribution in [3.05, 3.63) is 485 Å². The average molecular weight is 1700 g/mol. The summed E-state index contributed by atoms with van der Waals surface area (Å²) in [6.45, 7) is 0. The van der Waals surface area contributed by atoms with Crippen LogP contribution in [0.2, 0.25) is 0 Å². The highest BCUT2D eigenvalue weighted by Gasteiger charge is 2.28. The maximum absolute atomic E-state index is 5.74. The molecule has 0 aliphatic carbocycles. The Bertz CT molecular complexity index is 9410. The zero-order chi connectivity index (χ0) is 88.3. The van der Waals surface area contributed by atoms with E-state index in [9.17, 15) is 0 Å². The van der Waals surface area contributed by atoms with Gasteiger partial charge < -0.3 is 0 Å². The van der Waals surface area contributed by atoms with Gasteiger partial charge in [-0.1, -0.05) is 400 Å². The number of hydrogen-bond donors (Lipinski definition) is 0. The lowest BCUT2D eigenvalue weighted by molar-refractivity contribution is 1.07. The molecule has 0 aliphatic heterocycles. The van der Waals surface area contributed by atoms with E-state index in [2.05, 4.69) is 494 Å². The predicted octanol–water partition coefficient (Wildman–Crippen LogP) is 34.2. The molecule has 0 saturated heterocycles. The van der Waals surface area contributed by atoms with E-state index >= 15 is 0 Å². The topological polar surface area (TPSA) is 61.4 Å². The second-order valence-electron chi connectivity index (χ2n) is 34.9. The van der Waals surface area contributed by atoms with Crippen LogP contribution in [0.1, 0.15) is 0 Å². The van der Waals surface area contributed by atoms with Gasteiger partial charge in [0.15, 0.2) is 0 Å². The van der Waals surface area contributed by atoms with Crippen LogP contribution in [-0.4, -0.2) is 29.1 Å². The van der Waals surface area contributed by atoms with E-state index in [1.54, 1.807) is 0 Å². The first kappa shape index (κ1) is 77.3. The van der Waals surface area contributed by atoms with Crippen LogP contribution in [-0.2, 0) is 0 Å². The monoisotopic (exact) mass is 1700 g/mol. The van der Waals surface area contributed by atoms with Gasteiger partial charge in [-0.3, -0.25) is 9.13 Å². The van der Waals surface area contributed by atoms with E-state index in [4.69, 9.17) is 19.9 Å². The Balaban J connectivity index is 0.000000141. The molecule has 27 aromatic rings. The number of pyridine rings is 2. The van der Waals surface area contributed by atoms with Gasteiger partial charge in [0.1, 0.15) is 11.6 Å². The molecular weight excluding hydrogens is 1620 g/mol. The van der Waals surface area contributed by atoms with Gasteiger partial charge in [-0.25, -0.2) is 19.9 Å². The van der Waals surface area contributed by atoms with Gasteiger partial charge in [0.25, 0.3) is 0 Å². The molecule has 0 aliphatic rings. The van der Waals surface area contributed by atoms with Crippen LogP contribution in [0.25, 0.3) is 264 Å². The van der Waals surface area contributed by atoms with Crippen LogP contribution in [0.15, 0.2) is 485 Å². The lowest BCUT2D eigenvalue weighted by atomic mass is 9.87. The van der Waals surface area contributed by atoms with Crippen molar-refractivity contribution in [2.45, 2.75) is 0 Å². The molecule has 622 valence electrons. The molecule has 0 N–H and O–H groups in total. The summed E-state index contributed by atoms with van der Waals surface area (Å²) < 4.78 is 4.61. The first-order chi connectivity index (χ1) is 66.5. The third-order valence-electron chi connectivity index (χ3n) is 27.3. The first-order valence-corrected chi connectivity index (χ1v) is 45.9. The lowest BCUT2D eigenvalue weighted by Gasteiger charge is -2.19. The summed E-state index contributed by atoms with van der Waals surface area (Å²) in [4.78, 5) is 22.3. The minimum absolute atomic E-state index is 0.889. The van der Waals surface area contributed by atoms with E-state index in [0.717, 1.165) is 167 Å². The van der Waals surface area contributed by atoms with Crippen LogP contribution in [0.3, 0.4) is 0 Å². The summed E-state index contributed by atoms with van der Waals surface area (Å²) in [6, 6.07) is 175. The van der Waals surface area contributed by atoms with Crippen molar-refractivity contribution in [2.75, 3.05) is 0 Å². The van der Waals surface area contributed by atoms with E-state index in [1.165, 1.54) is 97.3 Å². The van der Waals surface area contributed by atoms with Crippen molar-refractivity contribution < 1.29 is 0 Å². The maximum Gasteiger partial charge on any atom is 0.145 e. The Hall–Kier alpha value is -17.8. The van der Waals surface area contributed by atoms with Crippen LogP contribution in [0, 0.1) is 0 Å². The fourth-order valence-electron chi connectivity index (χ4n) is 21.2. The van der Waals surface area contributed by atoms with Crippen molar-refractivity contribution in [2.24, 2.45) is 0 Å². The molecule has 0 spiro atoms. The summed E-state index contributed by atoms with van der Waals surface area (Å²) >= 11 is 0. The smallest absolute Gasteiger partial charge is 0.145 e. The van der Waals surface area contributed by atoms with Crippen molar-refractivity contribution in [1.82, 2.24) is 29.1 Å². The number of fused-ring (bicyclic) bond motifs is 19. The van der Waals surface area contributed by atoms with Gasteiger partial charge in [0.2, 0.25) is 0 Å². The molecule has 23 aromatic carbocycles. The Morgan fingerprint density at radius 3 is 0.873 bits per heavy atom. The number of aromatic nitrogens is 6. The summed E-state index contributed by atoms with van der Waals surface area (Å²) in [5, 5.41) is 26.3. The van der Waals surface area contributed by atoms with E-state index in [1.807, 2.05) is 0 Å². The summed E-state index contributed by atoms with van der Waals surface area (Å²) in [5.41, 5.74) is 25.7. The van der Waals surface area contributed by atoms with Crippen LogP contribution >= 0.6 is 0 Å². The minimum atomic E-state index is 0.889. The second kappa shape index (κ2) is 32.1. The lowest BCUT2D eigenvalue weighted by Crippen LogP contribution is -2.00. The maximum atomic E-state index is 5.74. The van der Waals surface area contributed by atoms with Gasteiger partial charge >= 0.3 is 0 Å². The molecule has 4 heterocycles. The third-order valence-corrected chi connectivity index (χ3v) is 27.3. The number of imidazole rings is 2. The number of rotatable bonds is 12. The van der Waals surface area contributed by atoms with Gasteiger partial charge in [0.05, 0.1) is 44.8 Å². The van der Waals surface area contributed by atoms with Crippen molar-refractivity contribution in [1.29, 1.82) is 0 Å². The highest BCUT2D eigenvalue weighted by molar-refractivity contribution is 6.25. The molecule has 27 rings (SSSR count). The second-order valence-corrected chi connectivity index (χ2v) is 34.9. The number of benzene rings is 23. The largest absolute Gasteiger partial charge is 0.292 e. The summed E-state index contributed by atoms with van der Waals surface area (Å²) in [5.74, 6) is 1.81. The van der Waals surface area contributed by atoms with E-state index in [0.29, 0.717) is 0 Å². The summed E-state index contributed by atoms with van der Waals surface area (Å²) in [7, 11) is 0. The molecule has 0 atom stereocenters. The SMILES string of the molecule is c1ccc(-c2nc(-c3ccccc3)n(-c3ccc(-c4cc5c(-c6cc7ccccc7c7ccccc67)cc(-c6cc7ccccc7c7ccccc67)nc5c5ccccc45)cc3)c2-c2ccccc2)cc1.c1ccc(-c2nc3cc(-c4cc5c(-c6cc7ccccc7c7ccccc67)cc(-c6cc7ccccc7c7ccccc67)nc5c5ccccc45)ccc3n2-c2ccccc2)cc1. The Morgan fingerprint density at radius 2 is 0.455 bits per heavy atom. The van der Waals surface area contributed by atoms with Crippen molar-refractivity contribution in [3.8, 4) is 124 Å². The van der Waals surface area contributed by atoms with Gasteiger partial charge in [-0.15, -0.1) is 0 Å². The Morgan fingerprint density at radius 1 is 0.157 bits per heavy atom. The Labute approximate surface area is 773 Å². The standard InChI is InChI=1S/C68H43N3.C60H37N3/c1-4-20-45(21-5-1)65-67(46-22-6-2-7-23-46)71(68(70-65)47-24-8-3-9-25-47)50-38-36-44(37-39-50)59-42-63-61(60-40-48-26-10-12-28-51(48)53-30-14-16-32-55(53)60)43-64(69-66(63)58-35-19-18-34-57(58)59)62-41-49-27-11-13-29-52(49)54-31-15-17-33-56(54)62;1-3-17-38(18-4-1)60-62-57-35-41(31-32-58(57)63(60)42-21-5-2-6-22-42)51-36-55-53(52-33-39-19-7-9-23-43(39)45-25-11-13-27-47(45)52)37-56(61-59(55)50-30-16-15-29-49(50)51)54-34-40-20-8-10-24-44(40)46-26-12-14-28-48(46)54/h1-43H;1-37H. The number of hydrogen-bond acceptors (Lipinski definition) is 4. The zero-order valence-corrected chi connectivity index (χ0v) is 72.9. The highest BCUT2D eigenvalue weighted by atomic mass is 15.1. The van der Waals surface area contributed by atoms with Crippen molar-refractivity contribution >= 4 is 141 Å². The quantitative estimate of drug-likeness (QED) is 0.114. The average Bonchev–Trinajstić information content (AvgIpc) is 0.847. The third kappa shape index (κ3) is 13.0. The van der Waals surface area contributed by atoms with E-state index < -0.39 is 0 Å². The molecule has 0 fully saturated rings. The molecule has 6 nitrogen and oxygen atoms in total. The molecule has 0 unspecified atom stereocenters. The normalized spacial score (nSPS) is 11.7. The fraction of sp³-hybridized carbons (Fsp3) is 0. The van der Waals surface area contributed by atoms with Crippen LogP contribution < -0.4 is 0 Å². The zero-order valence-electron chi connectivity index (χ0n) is 72.9. The van der Waals surface area contributed by atoms with Crippen LogP contribution in [0.4, 0.5) is 0 Å². The first-order valence-electron chi connectivity index (χ1n) is 45.9. The Kier molecular flexibility index (Phi) is 18.5. The van der Waals surface area contributed by atoms with Gasteiger partial charge in [-0.2, -0.15) is 0 Å². The van der Waals surface area contributed by atoms with Crippen molar-refractivity contribution in [3.63, 3.8) is 0 Å². The minimum Gasteiger partial charge on any atom is -0.292 e. The molecule has 4 aromatic heterocycles. The fourth-order valence-corrected chi connectivity index (χ4v) is 21.2. The number of nitrogens with zero attached hydrogens (tertiary/aromatic N) is 6. The molecule has 134 heavy (non-hydrogen) atoms. The highest BCUT2D eigenvalue weighted by Crippen LogP contribution is 2.50. The molecule has 6 heteroatoms. The number of para-hydroxylation sites is 1. The van der Waals surface area contributed by atoms with Gasteiger partial charge in [0, 0.05) is 66.3 Å². The van der Waals surface area contributed by atoms with Gasteiger partial charge in [-0.05, 0) is 226 Å². The van der Waals surface area contributed by atoms with Crippen LogP contribution in [0.5, 0.6) is 0 Å². The molecular formula is C128H80N6. The molecule has 0 bridgehead atoms.